The highest BCUT2D eigenvalue weighted by molar-refractivity contribution is 5.96. The lowest BCUT2D eigenvalue weighted by atomic mass is 9.81. The molecule has 0 bridgehead atoms. The van der Waals surface area contributed by atoms with Gasteiger partial charge in [0.15, 0.2) is 0 Å². The van der Waals surface area contributed by atoms with Crippen molar-refractivity contribution in [3.05, 3.63) is 36.4 Å². The normalized spacial score (nSPS) is 23.7. The number of amides is 2. The molecule has 2 unspecified atom stereocenters. The summed E-state index contributed by atoms with van der Waals surface area (Å²) in [6, 6.07) is 6.37. The van der Waals surface area contributed by atoms with Crippen LogP contribution in [0, 0.1) is 11.8 Å². The molecular weight excluding hydrogens is 292 g/mol. The third-order valence-corrected chi connectivity index (χ3v) is 4.64. The molecule has 1 aromatic carbocycles. The Morgan fingerprint density at radius 1 is 1.00 bits per heavy atom. The standard InChI is InChI=1S/C18H22N2O3/c21-14-9-7-13(8-10-14)19-17(22)15-5-1-2-6-16(15)18(23)20-11-3-4-12-20/h1-2,7-10,15-16,21H,3-6,11-12H2,(H,19,22). The van der Waals surface area contributed by atoms with Gasteiger partial charge in [0.2, 0.25) is 11.8 Å². The zero-order chi connectivity index (χ0) is 16.2. The van der Waals surface area contributed by atoms with Crippen LogP contribution in [-0.2, 0) is 9.59 Å². The molecule has 1 saturated heterocycles. The molecule has 0 aromatic heterocycles. The summed E-state index contributed by atoms with van der Waals surface area (Å²) in [5, 5.41) is 12.2. The van der Waals surface area contributed by atoms with Gasteiger partial charge in [-0.25, -0.2) is 0 Å². The second kappa shape index (κ2) is 6.86. The quantitative estimate of drug-likeness (QED) is 0.665. The fourth-order valence-electron chi connectivity index (χ4n) is 3.33. The van der Waals surface area contributed by atoms with Gasteiger partial charge in [0.05, 0.1) is 11.8 Å². The molecule has 1 aromatic rings. The molecule has 2 aliphatic rings. The van der Waals surface area contributed by atoms with Crippen molar-refractivity contribution in [2.24, 2.45) is 11.8 Å². The Kier molecular flexibility index (Phi) is 4.65. The SMILES string of the molecule is O=C(Nc1ccc(O)cc1)C1CC=CCC1C(=O)N1CCCC1. The number of rotatable bonds is 3. The first-order chi connectivity index (χ1) is 11.1. The number of phenols is 1. The van der Waals surface area contributed by atoms with E-state index in [2.05, 4.69) is 5.32 Å². The summed E-state index contributed by atoms with van der Waals surface area (Å²) in [4.78, 5) is 27.2. The van der Waals surface area contributed by atoms with Crippen molar-refractivity contribution < 1.29 is 14.7 Å². The Hall–Kier alpha value is -2.30. The maximum Gasteiger partial charge on any atom is 0.228 e. The molecule has 0 radical (unpaired) electrons. The first kappa shape index (κ1) is 15.6. The largest absolute Gasteiger partial charge is 0.508 e. The minimum Gasteiger partial charge on any atom is -0.508 e. The number of aromatic hydroxyl groups is 1. The average molecular weight is 314 g/mol. The molecular formula is C18H22N2O3. The number of nitrogens with zero attached hydrogens (tertiary/aromatic N) is 1. The van der Waals surface area contributed by atoms with Crippen molar-refractivity contribution in [1.82, 2.24) is 4.90 Å². The second-order valence-corrected chi connectivity index (χ2v) is 6.22. The lowest BCUT2D eigenvalue weighted by molar-refractivity contribution is -0.139. The summed E-state index contributed by atoms with van der Waals surface area (Å²) in [6.45, 7) is 1.62. The Labute approximate surface area is 136 Å². The van der Waals surface area contributed by atoms with Crippen molar-refractivity contribution in [1.29, 1.82) is 0 Å². The Balaban J connectivity index is 1.70. The van der Waals surface area contributed by atoms with E-state index in [1.54, 1.807) is 12.1 Å². The maximum atomic E-state index is 12.7. The number of benzene rings is 1. The van der Waals surface area contributed by atoms with Crippen LogP contribution in [0.4, 0.5) is 5.69 Å². The van der Waals surface area contributed by atoms with Crippen molar-refractivity contribution in [3.8, 4) is 5.75 Å². The van der Waals surface area contributed by atoms with Gasteiger partial charge in [0, 0.05) is 18.8 Å². The van der Waals surface area contributed by atoms with Gasteiger partial charge in [0.1, 0.15) is 5.75 Å². The molecule has 1 heterocycles. The van der Waals surface area contributed by atoms with Crippen molar-refractivity contribution in [2.45, 2.75) is 25.7 Å². The molecule has 5 nitrogen and oxygen atoms in total. The van der Waals surface area contributed by atoms with E-state index in [-0.39, 0.29) is 29.4 Å². The smallest absolute Gasteiger partial charge is 0.228 e. The number of likely N-dealkylation sites (tertiary alicyclic amines) is 1. The van der Waals surface area contributed by atoms with Crippen molar-refractivity contribution in [2.75, 3.05) is 18.4 Å². The average Bonchev–Trinajstić information content (AvgIpc) is 3.11. The van der Waals surface area contributed by atoms with Gasteiger partial charge >= 0.3 is 0 Å². The lowest BCUT2D eigenvalue weighted by Crippen LogP contribution is -2.42. The van der Waals surface area contributed by atoms with Gasteiger partial charge in [-0.1, -0.05) is 12.2 Å². The van der Waals surface area contributed by atoms with Crippen LogP contribution in [0.2, 0.25) is 0 Å². The first-order valence-electron chi connectivity index (χ1n) is 8.19. The fourth-order valence-corrected chi connectivity index (χ4v) is 3.33. The van der Waals surface area contributed by atoms with E-state index in [0.29, 0.717) is 18.5 Å². The molecule has 2 N–H and O–H groups in total. The van der Waals surface area contributed by atoms with Crippen LogP contribution in [0.3, 0.4) is 0 Å². The summed E-state index contributed by atoms with van der Waals surface area (Å²) in [6.07, 6.45) is 7.31. The Morgan fingerprint density at radius 3 is 2.26 bits per heavy atom. The minimum absolute atomic E-state index is 0.109. The van der Waals surface area contributed by atoms with E-state index in [1.807, 2.05) is 17.1 Å². The van der Waals surface area contributed by atoms with Crippen LogP contribution in [0.25, 0.3) is 0 Å². The van der Waals surface area contributed by atoms with E-state index in [0.717, 1.165) is 25.9 Å². The molecule has 1 aliphatic heterocycles. The van der Waals surface area contributed by atoms with Crippen molar-refractivity contribution >= 4 is 17.5 Å². The summed E-state index contributed by atoms with van der Waals surface area (Å²) in [7, 11) is 0. The van der Waals surface area contributed by atoms with E-state index in [4.69, 9.17) is 0 Å². The van der Waals surface area contributed by atoms with Gasteiger partial charge in [0.25, 0.3) is 0 Å². The molecule has 23 heavy (non-hydrogen) atoms. The number of nitrogens with one attached hydrogen (secondary N) is 1. The van der Waals surface area contributed by atoms with Gasteiger partial charge in [-0.15, -0.1) is 0 Å². The van der Waals surface area contributed by atoms with E-state index < -0.39 is 0 Å². The van der Waals surface area contributed by atoms with Crippen LogP contribution >= 0.6 is 0 Å². The van der Waals surface area contributed by atoms with Crippen LogP contribution < -0.4 is 5.32 Å². The van der Waals surface area contributed by atoms with Crippen LogP contribution in [0.5, 0.6) is 5.75 Å². The molecule has 2 amide bonds. The highest BCUT2D eigenvalue weighted by atomic mass is 16.3. The topological polar surface area (TPSA) is 69.6 Å². The van der Waals surface area contributed by atoms with Crippen molar-refractivity contribution in [3.63, 3.8) is 0 Å². The fraction of sp³-hybridized carbons (Fsp3) is 0.444. The number of hydrogen-bond donors (Lipinski definition) is 2. The Bertz CT molecular complexity index is 603. The van der Waals surface area contributed by atoms with Gasteiger partial charge in [-0.3, -0.25) is 9.59 Å². The number of allylic oxidation sites excluding steroid dienone is 2. The van der Waals surface area contributed by atoms with Gasteiger partial charge in [-0.2, -0.15) is 0 Å². The Morgan fingerprint density at radius 2 is 1.61 bits per heavy atom. The third-order valence-electron chi connectivity index (χ3n) is 4.64. The van der Waals surface area contributed by atoms with Crippen LogP contribution in [-0.4, -0.2) is 34.9 Å². The lowest BCUT2D eigenvalue weighted by Gasteiger charge is -2.30. The molecule has 122 valence electrons. The molecule has 0 saturated carbocycles. The van der Waals surface area contributed by atoms with Gasteiger partial charge < -0.3 is 15.3 Å². The third kappa shape index (κ3) is 3.55. The van der Waals surface area contributed by atoms with Gasteiger partial charge in [-0.05, 0) is 49.9 Å². The number of phenolic OH excluding ortho intramolecular Hbond substituents is 1. The highest BCUT2D eigenvalue weighted by Crippen LogP contribution is 2.30. The van der Waals surface area contributed by atoms with E-state index in [1.165, 1.54) is 12.1 Å². The second-order valence-electron chi connectivity index (χ2n) is 6.22. The number of hydrogen-bond acceptors (Lipinski definition) is 3. The highest BCUT2D eigenvalue weighted by Gasteiger charge is 2.36. The summed E-state index contributed by atoms with van der Waals surface area (Å²) in [5.41, 5.74) is 0.634. The molecule has 1 aliphatic carbocycles. The zero-order valence-electron chi connectivity index (χ0n) is 13.1. The summed E-state index contributed by atoms with van der Waals surface area (Å²) in [5.74, 6) is -0.460. The van der Waals surface area contributed by atoms with E-state index in [9.17, 15) is 14.7 Å². The summed E-state index contributed by atoms with van der Waals surface area (Å²) < 4.78 is 0. The van der Waals surface area contributed by atoms with Crippen LogP contribution in [0.15, 0.2) is 36.4 Å². The van der Waals surface area contributed by atoms with E-state index >= 15 is 0 Å². The number of carbonyl (C=O) groups is 2. The molecule has 1 fully saturated rings. The molecule has 5 heteroatoms. The zero-order valence-corrected chi connectivity index (χ0v) is 13.1. The number of anilines is 1. The first-order valence-corrected chi connectivity index (χ1v) is 8.19. The number of carbonyl (C=O) groups excluding carboxylic acids is 2. The summed E-state index contributed by atoms with van der Waals surface area (Å²) >= 11 is 0. The molecule has 2 atom stereocenters. The monoisotopic (exact) mass is 314 g/mol. The van der Waals surface area contributed by atoms with Crippen LogP contribution in [0.1, 0.15) is 25.7 Å². The predicted octanol–water partition coefficient (Wildman–Crippen LogP) is 2.54. The minimum atomic E-state index is -0.332. The maximum absolute atomic E-state index is 12.7. The molecule has 3 rings (SSSR count). The predicted molar refractivity (Wildman–Crippen MR) is 87.9 cm³/mol. The molecule has 0 spiro atoms.